The summed E-state index contributed by atoms with van der Waals surface area (Å²) >= 11 is 0. The molecule has 0 saturated heterocycles. The average Bonchev–Trinajstić information content (AvgIpc) is 2.74. The number of carbonyl (C=O) groups excluding carboxylic acids is 2. The molecule has 0 aromatic heterocycles. The minimum absolute atomic E-state index is 0.0316. The van der Waals surface area contributed by atoms with E-state index in [-0.39, 0.29) is 36.9 Å². The SMILES string of the molecule is CCOP(=O)(Cc1ccc(C(=O)N[C@H](Cc2ccc(F)c([N+](=O)[O-])c2)C(N)=O)cc1)OCC. The van der Waals surface area contributed by atoms with Crippen molar-refractivity contribution in [3.8, 4) is 0 Å². The summed E-state index contributed by atoms with van der Waals surface area (Å²) < 4.78 is 36.7. The van der Waals surface area contributed by atoms with Gasteiger partial charge in [-0.15, -0.1) is 0 Å². The second-order valence-electron chi connectivity index (χ2n) is 6.98. The highest BCUT2D eigenvalue weighted by atomic mass is 31.2. The van der Waals surface area contributed by atoms with E-state index in [1.165, 1.54) is 18.2 Å². The second-order valence-corrected chi connectivity index (χ2v) is 9.03. The van der Waals surface area contributed by atoms with Crippen molar-refractivity contribution >= 4 is 25.1 Å². The van der Waals surface area contributed by atoms with Crippen LogP contribution in [0.5, 0.6) is 0 Å². The van der Waals surface area contributed by atoms with Crippen LogP contribution in [0.4, 0.5) is 10.1 Å². The van der Waals surface area contributed by atoms with E-state index in [2.05, 4.69) is 5.32 Å². The maximum atomic E-state index is 13.5. The van der Waals surface area contributed by atoms with Gasteiger partial charge in [-0.05, 0) is 43.2 Å². The van der Waals surface area contributed by atoms with Crippen molar-refractivity contribution in [2.75, 3.05) is 13.2 Å². The fraction of sp³-hybridized carbons (Fsp3) is 0.333. The molecular weight excluding hydrogens is 456 g/mol. The number of carbonyl (C=O) groups is 2. The van der Waals surface area contributed by atoms with Crippen molar-refractivity contribution in [2.24, 2.45) is 5.73 Å². The quantitative estimate of drug-likeness (QED) is 0.268. The molecule has 2 rings (SSSR count). The monoisotopic (exact) mass is 481 g/mol. The number of nitrogens with zero attached hydrogens (tertiary/aromatic N) is 1. The number of nitro benzene ring substituents is 1. The van der Waals surface area contributed by atoms with E-state index in [1.54, 1.807) is 26.0 Å². The fourth-order valence-electron chi connectivity index (χ4n) is 3.03. The number of nitrogens with one attached hydrogen (secondary N) is 1. The molecule has 0 heterocycles. The Morgan fingerprint density at radius 1 is 1.12 bits per heavy atom. The number of nitro groups is 1. The minimum Gasteiger partial charge on any atom is -0.368 e. The van der Waals surface area contributed by atoms with Crippen molar-refractivity contribution in [3.63, 3.8) is 0 Å². The first-order valence-corrected chi connectivity index (χ1v) is 11.8. The van der Waals surface area contributed by atoms with Crippen LogP contribution in [-0.4, -0.2) is 36.0 Å². The van der Waals surface area contributed by atoms with E-state index < -0.39 is 41.9 Å². The summed E-state index contributed by atoms with van der Waals surface area (Å²) in [5.74, 6) is -2.48. The van der Waals surface area contributed by atoms with Crippen molar-refractivity contribution in [3.05, 3.63) is 75.1 Å². The van der Waals surface area contributed by atoms with Crippen molar-refractivity contribution < 1.29 is 32.5 Å². The Balaban J connectivity index is 2.11. The van der Waals surface area contributed by atoms with E-state index in [0.717, 1.165) is 12.1 Å². The molecule has 33 heavy (non-hydrogen) atoms. The average molecular weight is 481 g/mol. The van der Waals surface area contributed by atoms with Crippen LogP contribution < -0.4 is 11.1 Å². The summed E-state index contributed by atoms with van der Waals surface area (Å²) in [6.45, 7) is 3.86. The highest BCUT2D eigenvalue weighted by Crippen LogP contribution is 2.51. The Hall–Kier alpha value is -3.14. The predicted octanol–water partition coefficient (Wildman–Crippen LogP) is 3.33. The molecule has 2 aromatic carbocycles. The third-order valence-electron chi connectivity index (χ3n) is 4.54. The van der Waals surface area contributed by atoms with Crippen molar-refractivity contribution in [1.82, 2.24) is 5.32 Å². The molecule has 12 heteroatoms. The van der Waals surface area contributed by atoms with Gasteiger partial charge in [-0.3, -0.25) is 24.3 Å². The van der Waals surface area contributed by atoms with Crippen LogP contribution >= 0.6 is 7.60 Å². The Labute approximate surface area is 189 Å². The Kier molecular flexibility index (Phi) is 9.22. The zero-order chi connectivity index (χ0) is 24.6. The maximum absolute atomic E-state index is 13.5. The topological polar surface area (TPSA) is 151 Å². The molecule has 0 saturated carbocycles. The van der Waals surface area contributed by atoms with E-state index in [1.807, 2.05) is 0 Å². The maximum Gasteiger partial charge on any atom is 0.335 e. The van der Waals surface area contributed by atoms with Gasteiger partial charge < -0.3 is 20.1 Å². The molecule has 3 N–H and O–H groups in total. The molecule has 0 aliphatic heterocycles. The Morgan fingerprint density at radius 2 is 1.70 bits per heavy atom. The van der Waals surface area contributed by atoms with Gasteiger partial charge in [0.25, 0.3) is 5.91 Å². The molecule has 2 aromatic rings. The standard InChI is InChI=1S/C21H25FN3O7P/c1-3-31-33(30,32-4-2)13-14-5-8-16(9-6-14)21(27)24-18(20(23)26)11-15-7-10-17(22)19(12-15)25(28)29/h5-10,12,18H,3-4,11,13H2,1-2H3,(H2,23,26)(H,24,27)/t18-/m1/s1. The highest BCUT2D eigenvalue weighted by Gasteiger charge is 2.25. The van der Waals surface area contributed by atoms with Crippen LogP contribution in [0.3, 0.4) is 0 Å². The molecular formula is C21H25FN3O7P. The molecule has 178 valence electrons. The van der Waals surface area contributed by atoms with Gasteiger partial charge in [-0.2, -0.15) is 4.39 Å². The molecule has 0 aliphatic carbocycles. The van der Waals surface area contributed by atoms with Gasteiger partial charge in [0, 0.05) is 18.1 Å². The first kappa shape index (κ1) is 26.1. The fourth-order valence-corrected chi connectivity index (χ4v) is 4.73. The van der Waals surface area contributed by atoms with Crippen LogP contribution in [0.15, 0.2) is 42.5 Å². The van der Waals surface area contributed by atoms with Gasteiger partial charge in [0.2, 0.25) is 11.7 Å². The second kappa shape index (κ2) is 11.6. The molecule has 10 nitrogen and oxygen atoms in total. The zero-order valence-corrected chi connectivity index (χ0v) is 19.0. The largest absolute Gasteiger partial charge is 0.368 e. The third kappa shape index (κ3) is 7.45. The zero-order valence-electron chi connectivity index (χ0n) is 18.2. The van der Waals surface area contributed by atoms with E-state index in [9.17, 15) is 28.7 Å². The summed E-state index contributed by atoms with van der Waals surface area (Å²) in [5.41, 5.74) is 5.71. The summed E-state index contributed by atoms with van der Waals surface area (Å²) in [6, 6.07) is 8.12. The lowest BCUT2D eigenvalue weighted by Crippen LogP contribution is -2.45. The van der Waals surface area contributed by atoms with Crippen LogP contribution in [0.1, 0.15) is 35.3 Å². The molecule has 2 amide bonds. The summed E-state index contributed by atoms with van der Waals surface area (Å²) in [5, 5.41) is 13.4. The van der Waals surface area contributed by atoms with Crippen molar-refractivity contribution in [1.29, 1.82) is 0 Å². The van der Waals surface area contributed by atoms with E-state index in [0.29, 0.717) is 5.56 Å². The molecule has 1 atom stereocenters. The third-order valence-corrected chi connectivity index (χ3v) is 6.60. The van der Waals surface area contributed by atoms with Crippen LogP contribution in [0, 0.1) is 15.9 Å². The number of rotatable bonds is 12. The van der Waals surface area contributed by atoms with Gasteiger partial charge in [-0.25, -0.2) is 0 Å². The van der Waals surface area contributed by atoms with Gasteiger partial charge in [0.05, 0.1) is 24.3 Å². The number of hydrogen-bond donors (Lipinski definition) is 2. The van der Waals surface area contributed by atoms with Crippen LogP contribution in [-0.2, 0) is 31.0 Å². The number of hydrogen-bond acceptors (Lipinski definition) is 7. The predicted molar refractivity (Wildman–Crippen MR) is 118 cm³/mol. The first-order chi connectivity index (χ1) is 15.6. The van der Waals surface area contributed by atoms with Gasteiger partial charge in [0.1, 0.15) is 6.04 Å². The van der Waals surface area contributed by atoms with Gasteiger partial charge >= 0.3 is 13.3 Å². The van der Waals surface area contributed by atoms with Crippen molar-refractivity contribution in [2.45, 2.75) is 32.5 Å². The van der Waals surface area contributed by atoms with E-state index >= 15 is 0 Å². The molecule has 0 radical (unpaired) electrons. The normalized spacial score (nSPS) is 12.2. The summed E-state index contributed by atoms with van der Waals surface area (Å²) in [6.07, 6.45) is -0.129. The smallest absolute Gasteiger partial charge is 0.335 e. The molecule has 0 aliphatic rings. The molecule has 0 fully saturated rings. The molecule has 0 unspecified atom stereocenters. The summed E-state index contributed by atoms with van der Waals surface area (Å²) in [4.78, 5) is 34.5. The lowest BCUT2D eigenvalue weighted by atomic mass is 10.0. The lowest BCUT2D eigenvalue weighted by Gasteiger charge is -2.17. The Bertz CT molecular complexity index is 1050. The minimum atomic E-state index is -3.31. The molecule has 0 bridgehead atoms. The van der Waals surface area contributed by atoms with Gasteiger partial charge in [-0.1, -0.05) is 18.2 Å². The summed E-state index contributed by atoms with van der Waals surface area (Å²) in [7, 11) is -3.31. The number of halogens is 1. The number of primary amides is 1. The van der Waals surface area contributed by atoms with Gasteiger partial charge in [0.15, 0.2) is 0 Å². The van der Waals surface area contributed by atoms with E-state index in [4.69, 9.17) is 14.8 Å². The molecule has 0 spiro atoms. The number of benzene rings is 2. The number of amides is 2. The van der Waals surface area contributed by atoms with Crippen LogP contribution in [0.2, 0.25) is 0 Å². The number of nitrogens with two attached hydrogens (primary N) is 1. The Morgan fingerprint density at radius 3 is 2.21 bits per heavy atom. The first-order valence-electron chi connectivity index (χ1n) is 10.1. The van der Waals surface area contributed by atoms with Crippen LogP contribution in [0.25, 0.3) is 0 Å². The lowest BCUT2D eigenvalue weighted by molar-refractivity contribution is -0.387. The highest BCUT2D eigenvalue weighted by molar-refractivity contribution is 7.53.